The van der Waals surface area contributed by atoms with Gasteiger partial charge in [0, 0.05) is 74.9 Å². The Morgan fingerprint density at radius 2 is 0.573 bits per heavy atom. The summed E-state index contributed by atoms with van der Waals surface area (Å²) in [5.41, 5.74) is 7.26. The van der Waals surface area contributed by atoms with E-state index in [1.54, 1.807) is 48.5 Å². The predicted molar refractivity (Wildman–Crippen MR) is 353 cm³/mol. The number of aromatic amines is 1. The second kappa shape index (κ2) is 42.2. The van der Waals surface area contributed by atoms with Crippen molar-refractivity contribution < 1.29 is 127 Å². The van der Waals surface area contributed by atoms with Crippen LogP contribution in [-0.2, 0) is 101 Å². The van der Waals surface area contributed by atoms with Crippen LogP contribution in [0.5, 0.6) is 0 Å². The molecular weight excluding hydrogens is 1360 g/mol. The molecule has 0 aliphatic rings. The molecule has 1 heterocycles. The summed E-state index contributed by atoms with van der Waals surface area (Å²) in [5.74, 6) is -22.9. The second-order valence-electron chi connectivity index (χ2n) is 23.5. The van der Waals surface area contributed by atoms with Crippen LogP contribution in [0.3, 0.4) is 0 Å². The second-order valence-corrected chi connectivity index (χ2v) is 23.5. The van der Waals surface area contributed by atoms with Crippen molar-refractivity contribution in [1.29, 1.82) is 0 Å². The van der Waals surface area contributed by atoms with Crippen molar-refractivity contribution in [2.24, 2.45) is 5.73 Å². The highest BCUT2D eigenvalue weighted by Gasteiger charge is 2.38. The van der Waals surface area contributed by atoms with Crippen molar-refractivity contribution in [3.05, 3.63) is 108 Å². The Balaban J connectivity index is 1.73. The third-order valence-corrected chi connectivity index (χ3v) is 15.6. The van der Waals surface area contributed by atoms with E-state index < -0.39 is 270 Å². The summed E-state index contributed by atoms with van der Waals surface area (Å²) in [6.45, 7) is -2.33. The number of hydrogen-bond donors (Lipinski definition) is 21. The number of amides is 10. The Morgan fingerprint density at radius 3 is 0.913 bits per heavy atom. The molecule has 22 N–H and O–H groups in total. The molecule has 38 heteroatoms. The first-order chi connectivity index (χ1) is 48.8. The first kappa shape index (κ1) is 83.5. The molecular formula is C65H82N12O26. The van der Waals surface area contributed by atoms with E-state index in [9.17, 15) is 117 Å². The van der Waals surface area contributed by atoms with Crippen molar-refractivity contribution in [2.75, 3.05) is 13.2 Å². The summed E-state index contributed by atoms with van der Waals surface area (Å²) < 4.78 is 0. The Kier molecular flexibility index (Phi) is 34.2. The van der Waals surface area contributed by atoms with Crippen LogP contribution in [0.25, 0.3) is 10.9 Å². The Morgan fingerprint density at radius 1 is 0.311 bits per heavy atom. The zero-order valence-electron chi connectivity index (χ0n) is 55.1. The largest absolute Gasteiger partial charge is 0.481 e. The predicted octanol–water partition coefficient (Wildman–Crippen LogP) is -4.37. The van der Waals surface area contributed by atoms with Crippen LogP contribution < -0.4 is 58.9 Å². The number of aliphatic hydroxyl groups excluding tert-OH is 2. The minimum atomic E-state index is -1.98. The van der Waals surface area contributed by atoms with Gasteiger partial charge in [0.15, 0.2) is 0 Å². The maximum absolute atomic E-state index is 15.0. The fraction of sp³-hybridized carbons (Fsp3) is 0.431. The van der Waals surface area contributed by atoms with E-state index in [4.69, 9.17) is 15.9 Å². The zero-order chi connectivity index (χ0) is 76.5. The molecule has 0 saturated carbocycles. The number of H-pyrrole nitrogens is 1. The molecule has 0 saturated heterocycles. The minimum Gasteiger partial charge on any atom is -0.481 e. The van der Waals surface area contributed by atoms with Crippen LogP contribution in [0.4, 0.5) is 0 Å². The van der Waals surface area contributed by atoms with Gasteiger partial charge < -0.3 is 110 Å². The van der Waals surface area contributed by atoms with E-state index in [1.807, 2.05) is 5.32 Å². The molecule has 558 valence electrons. The van der Waals surface area contributed by atoms with E-state index in [1.165, 1.54) is 42.6 Å². The lowest BCUT2D eigenvalue weighted by Gasteiger charge is -2.28. The van der Waals surface area contributed by atoms with Crippen molar-refractivity contribution in [3.8, 4) is 0 Å². The molecule has 10 amide bonds. The van der Waals surface area contributed by atoms with Gasteiger partial charge in [0.25, 0.3) is 0 Å². The van der Waals surface area contributed by atoms with Crippen molar-refractivity contribution >= 4 is 112 Å². The highest BCUT2D eigenvalue weighted by molar-refractivity contribution is 6.00. The number of aromatic nitrogens is 1. The van der Waals surface area contributed by atoms with Gasteiger partial charge in [-0.1, -0.05) is 78.9 Å². The molecule has 4 aromatic rings. The monoisotopic (exact) mass is 1450 g/mol. The van der Waals surface area contributed by atoms with Gasteiger partial charge in [-0.05, 0) is 61.3 Å². The number of hydrogen-bond acceptors (Lipinski definition) is 20. The number of para-hydroxylation sites is 1. The van der Waals surface area contributed by atoms with Crippen LogP contribution in [0, 0.1) is 0 Å². The van der Waals surface area contributed by atoms with Crippen LogP contribution in [0.1, 0.15) is 93.7 Å². The van der Waals surface area contributed by atoms with Gasteiger partial charge in [-0.2, -0.15) is 0 Å². The summed E-state index contributed by atoms with van der Waals surface area (Å²) in [7, 11) is 0. The molecule has 4 rings (SSSR count). The molecule has 0 aliphatic heterocycles. The molecule has 11 atom stereocenters. The van der Waals surface area contributed by atoms with Gasteiger partial charge in [0.2, 0.25) is 59.1 Å². The number of aliphatic hydroxyl groups is 2. The number of carboxylic acids is 7. The molecule has 0 unspecified atom stereocenters. The van der Waals surface area contributed by atoms with Gasteiger partial charge >= 0.3 is 41.8 Å². The lowest BCUT2D eigenvalue weighted by molar-refractivity contribution is -0.144. The Labute approximate surface area is 585 Å². The summed E-state index contributed by atoms with van der Waals surface area (Å²) in [5, 5.41) is 110. The molecule has 0 fully saturated rings. The molecule has 0 spiro atoms. The number of rotatable bonds is 47. The number of benzene rings is 3. The number of carbonyl (C=O) groups excluding carboxylic acids is 10. The topological polar surface area (TPSA) is 634 Å². The van der Waals surface area contributed by atoms with Crippen LogP contribution in [-0.4, -0.2) is 231 Å². The normalized spacial score (nSPS) is 14.2. The van der Waals surface area contributed by atoms with Crippen LogP contribution in [0.2, 0.25) is 0 Å². The summed E-state index contributed by atoms with van der Waals surface area (Å²) in [4.78, 5) is 226. The van der Waals surface area contributed by atoms with Gasteiger partial charge in [0.1, 0.15) is 60.4 Å². The fourth-order valence-electron chi connectivity index (χ4n) is 10.0. The average Bonchev–Trinajstić information content (AvgIpc) is 1.72. The smallest absolute Gasteiger partial charge is 0.326 e. The van der Waals surface area contributed by atoms with Gasteiger partial charge in [0.05, 0.1) is 19.3 Å². The number of carbonyl (C=O) groups is 17. The van der Waals surface area contributed by atoms with Crippen molar-refractivity contribution in [2.45, 2.75) is 163 Å². The molecule has 1 aromatic heterocycles. The van der Waals surface area contributed by atoms with Gasteiger partial charge in [-0.3, -0.25) is 76.7 Å². The van der Waals surface area contributed by atoms with E-state index in [0.717, 1.165) is 0 Å². The lowest BCUT2D eigenvalue weighted by atomic mass is 10.0. The van der Waals surface area contributed by atoms with Crippen molar-refractivity contribution in [1.82, 2.24) is 58.2 Å². The maximum Gasteiger partial charge on any atom is 0.326 e. The van der Waals surface area contributed by atoms with Crippen LogP contribution in [0.15, 0.2) is 91.1 Å². The Hall–Kier alpha value is -11.9. The first-order valence-electron chi connectivity index (χ1n) is 32.0. The molecule has 38 nitrogen and oxygen atoms in total. The van der Waals surface area contributed by atoms with E-state index in [2.05, 4.69) is 52.8 Å². The fourth-order valence-corrected chi connectivity index (χ4v) is 10.0. The third kappa shape index (κ3) is 29.4. The number of nitrogens with two attached hydrogens (primary N) is 1. The first-order valence-corrected chi connectivity index (χ1v) is 32.0. The van der Waals surface area contributed by atoms with Crippen LogP contribution >= 0.6 is 0 Å². The summed E-state index contributed by atoms with van der Waals surface area (Å²) in [6.07, 6.45) is -8.41. The van der Waals surface area contributed by atoms with Crippen molar-refractivity contribution in [3.63, 3.8) is 0 Å². The molecule has 3 aromatic carbocycles. The van der Waals surface area contributed by atoms with E-state index in [-0.39, 0.29) is 6.42 Å². The van der Waals surface area contributed by atoms with E-state index >= 15 is 0 Å². The quantitative estimate of drug-likeness (QED) is 0.0199. The molecule has 103 heavy (non-hydrogen) atoms. The van der Waals surface area contributed by atoms with E-state index in [0.29, 0.717) is 27.6 Å². The molecule has 0 aliphatic carbocycles. The average molecular weight is 1450 g/mol. The maximum atomic E-state index is 15.0. The molecule has 0 radical (unpaired) electrons. The third-order valence-electron chi connectivity index (χ3n) is 15.6. The zero-order valence-corrected chi connectivity index (χ0v) is 55.1. The van der Waals surface area contributed by atoms with Gasteiger partial charge in [-0.25, -0.2) is 4.79 Å². The highest BCUT2D eigenvalue weighted by Crippen LogP contribution is 2.20. The standard InChI is InChI=1S/C65H82N12O26/c66-37(15-21-49(80)81)55(92)76-47(31-78)63(100)71-41(18-24-52(86)87)57(94)74-44(27-33-9-3-1-4-10-33)60(97)68-40(17-23-51(84)85)58(95)75-46(29-35-30-67-38-14-8-7-13-36(35)38)62(99)70-39(16-22-50(82)83)56(93)73-45(28-34-11-5-2-6-12-34)61(98)69-42(19-25-53(88)89)59(96)77-48(32-79)64(101)72-43(65(102)103)20-26-54(90)91/h1-14,30,37,39-48,67,78-79H,15-29,31-32,66H2,(H,68,97)(H,69,98)(H,70,99)(H,71,100)(H,72,101)(H,73,93)(H,74,94)(H,75,95)(H,76,92)(H,77,96)(H,80,81)(H,82,83)(H,84,85)(H,86,87)(H,88,89)(H,90,91)(H,102,103)/t37-,39-,40-,41-,42-,43-,44+,45+,46+,47-,48-/m0/s1. The number of nitrogens with one attached hydrogen (secondary N) is 11. The molecule has 0 bridgehead atoms. The lowest BCUT2D eigenvalue weighted by Crippen LogP contribution is -2.61. The minimum absolute atomic E-state index is 0.322. The Bertz CT molecular complexity index is 3690. The van der Waals surface area contributed by atoms with Gasteiger partial charge in [-0.15, -0.1) is 0 Å². The number of carboxylic acid groups (broad SMARTS) is 7. The summed E-state index contributed by atoms with van der Waals surface area (Å²) in [6, 6.07) is 1.69. The number of fused-ring (bicyclic) bond motifs is 1. The SMILES string of the molecule is N[C@@H](CCC(=O)O)C(=O)N[C@@H](CO)C(=O)N[C@@H](CCC(=O)O)C(=O)N[C@H](Cc1ccccc1)C(=O)N[C@@H](CCC(=O)O)C(=O)N[C@H](Cc1c[nH]c2ccccc12)C(=O)N[C@@H](CCC(=O)O)C(=O)N[C@H](Cc1ccccc1)C(=O)N[C@@H](CCC(=O)O)C(=O)N[C@@H](CO)C(=O)N[C@@H](CCC(=O)O)C(=O)O. The highest BCUT2D eigenvalue weighted by atomic mass is 16.4. The number of aliphatic carboxylic acids is 7. The summed E-state index contributed by atoms with van der Waals surface area (Å²) >= 11 is 0.